The van der Waals surface area contributed by atoms with E-state index in [1.165, 1.54) is 12.6 Å². The summed E-state index contributed by atoms with van der Waals surface area (Å²) >= 11 is 0. The van der Waals surface area contributed by atoms with Crippen LogP contribution in [0.1, 0.15) is 6.42 Å². The molecule has 2 heteroatoms. The van der Waals surface area contributed by atoms with Gasteiger partial charge in [-0.3, -0.25) is 0 Å². The van der Waals surface area contributed by atoms with Crippen molar-refractivity contribution >= 4 is 8.07 Å². The first-order valence-corrected chi connectivity index (χ1v) is 8.05. The zero-order chi connectivity index (χ0) is 8.60. The Balaban J connectivity index is 2.26. The summed E-state index contributed by atoms with van der Waals surface area (Å²) in [7, 11) is -0.983. The molecule has 2 rings (SSSR count). The van der Waals surface area contributed by atoms with Crippen LogP contribution in [0, 0.1) is 0 Å². The number of hydrogen-bond donors (Lipinski definition) is 1. The van der Waals surface area contributed by atoms with E-state index in [0.717, 1.165) is 12.1 Å². The molecule has 1 N–H and O–H groups in total. The summed E-state index contributed by atoms with van der Waals surface area (Å²) in [5, 5.41) is 3.53. The standard InChI is InChI=1S/C10H17NSi/c1-12(2)8-11-7-9-5-3-4-6-10(9)12/h3-5,10-11H,6-8H2,1-2H3. The molecule has 0 amide bonds. The van der Waals surface area contributed by atoms with Crippen molar-refractivity contribution < 1.29 is 0 Å². The third-order valence-corrected chi connectivity index (χ3v) is 6.77. The summed E-state index contributed by atoms with van der Waals surface area (Å²) < 4.78 is 0. The first-order chi connectivity index (χ1) is 5.70. The highest BCUT2D eigenvalue weighted by molar-refractivity contribution is 6.80. The van der Waals surface area contributed by atoms with Crippen molar-refractivity contribution in [2.45, 2.75) is 25.1 Å². The monoisotopic (exact) mass is 179 g/mol. The van der Waals surface area contributed by atoms with Gasteiger partial charge in [-0.25, -0.2) is 0 Å². The van der Waals surface area contributed by atoms with E-state index < -0.39 is 8.07 Å². The molecule has 66 valence electrons. The topological polar surface area (TPSA) is 12.0 Å². The summed E-state index contributed by atoms with van der Waals surface area (Å²) in [6, 6.07) is 0. The van der Waals surface area contributed by atoms with Gasteiger partial charge in [0.25, 0.3) is 0 Å². The van der Waals surface area contributed by atoms with Crippen molar-refractivity contribution in [3.8, 4) is 0 Å². The molecule has 12 heavy (non-hydrogen) atoms. The minimum Gasteiger partial charge on any atom is -0.316 e. The second kappa shape index (κ2) is 2.86. The molecule has 0 aromatic heterocycles. The Hall–Kier alpha value is -0.343. The van der Waals surface area contributed by atoms with Gasteiger partial charge in [-0.1, -0.05) is 36.9 Å². The van der Waals surface area contributed by atoms with Gasteiger partial charge in [0.1, 0.15) is 0 Å². The van der Waals surface area contributed by atoms with E-state index in [2.05, 4.69) is 36.6 Å². The molecular formula is C10H17NSi. The Morgan fingerprint density at radius 2 is 2.33 bits per heavy atom. The van der Waals surface area contributed by atoms with E-state index in [1.54, 1.807) is 5.57 Å². The highest BCUT2D eigenvalue weighted by atomic mass is 28.3. The second-order valence-corrected chi connectivity index (χ2v) is 9.58. The van der Waals surface area contributed by atoms with Crippen LogP contribution in [-0.4, -0.2) is 20.8 Å². The van der Waals surface area contributed by atoms with E-state index in [9.17, 15) is 0 Å². The lowest BCUT2D eigenvalue weighted by molar-refractivity contribution is 0.717. The number of rotatable bonds is 0. The molecule has 1 atom stereocenters. The van der Waals surface area contributed by atoms with Gasteiger partial charge in [-0.15, -0.1) is 0 Å². The second-order valence-electron chi connectivity index (χ2n) is 4.55. The summed E-state index contributed by atoms with van der Waals surface area (Å²) in [6.45, 7) is 6.12. The molecule has 1 unspecified atom stereocenters. The van der Waals surface area contributed by atoms with Crippen molar-refractivity contribution in [3.05, 3.63) is 23.8 Å². The van der Waals surface area contributed by atoms with Crippen LogP contribution < -0.4 is 5.32 Å². The van der Waals surface area contributed by atoms with Gasteiger partial charge in [-0.05, 0) is 18.1 Å². The van der Waals surface area contributed by atoms with Crippen molar-refractivity contribution in [2.24, 2.45) is 0 Å². The normalized spacial score (nSPS) is 32.5. The Labute approximate surface area is 75.6 Å². The third-order valence-electron chi connectivity index (χ3n) is 3.12. The molecule has 0 saturated carbocycles. The van der Waals surface area contributed by atoms with Gasteiger partial charge in [0.15, 0.2) is 0 Å². The third kappa shape index (κ3) is 1.29. The molecule has 0 aromatic rings. The Morgan fingerprint density at radius 1 is 1.50 bits per heavy atom. The number of nitrogens with one attached hydrogen (secondary N) is 1. The average Bonchev–Trinajstić information content (AvgIpc) is 2.04. The first-order valence-electron chi connectivity index (χ1n) is 4.76. The molecular weight excluding hydrogens is 162 g/mol. The van der Waals surface area contributed by atoms with E-state index in [4.69, 9.17) is 0 Å². The van der Waals surface area contributed by atoms with Crippen molar-refractivity contribution in [3.63, 3.8) is 0 Å². The van der Waals surface area contributed by atoms with Gasteiger partial charge in [-0.2, -0.15) is 0 Å². The average molecular weight is 179 g/mol. The molecule has 1 fully saturated rings. The quantitative estimate of drug-likeness (QED) is 0.562. The van der Waals surface area contributed by atoms with Gasteiger partial charge in [0.05, 0.1) is 8.07 Å². The fourth-order valence-corrected chi connectivity index (χ4v) is 5.32. The summed E-state index contributed by atoms with van der Waals surface area (Å²) in [5.74, 6) is 0. The SMILES string of the molecule is C[Si]1(C)CNCC2=CC=CCC21. The zero-order valence-corrected chi connectivity index (χ0v) is 8.93. The lowest BCUT2D eigenvalue weighted by atomic mass is 10.0. The lowest BCUT2D eigenvalue weighted by Crippen LogP contribution is -2.50. The predicted octanol–water partition coefficient (Wildman–Crippen LogP) is 2.09. The number of allylic oxidation sites excluding steroid dienone is 3. The summed E-state index contributed by atoms with van der Waals surface area (Å²) in [6.07, 6.45) is 9.45. The number of hydrogen-bond acceptors (Lipinski definition) is 1. The van der Waals surface area contributed by atoms with Gasteiger partial charge in [0, 0.05) is 6.54 Å². The van der Waals surface area contributed by atoms with Crippen molar-refractivity contribution in [2.75, 3.05) is 12.7 Å². The zero-order valence-electron chi connectivity index (χ0n) is 7.93. The molecule has 1 saturated heterocycles. The maximum absolute atomic E-state index is 3.53. The molecule has 2 aliphatic rings. The molecule has 1 heterocycles. The molecule has 1 aliphatic heterocycles. The fourth-order valence-electron chi connectivity index (χ4n) is 2.33. The highest BCUT2D eigenvalue weighted by Gasteiger charge is 2.36. The smallest absolute Gasteiger partial charge is 0.0701 e. The predicted molar refractivity (Wildman–Crippen MR) is 55.9 cm³/mol. The highest BCUT2D eigenvalue weighted by Crippen LogP contribution is 2.37. The van der Waals surface area contributed by atoms with E-state index in [-0.39, 0.29) is 0 Å². The van der Waals surface area contributed by atoms with Gasteiger partial charge < -0.3 is 5.32 Å². The molecule has 0 spiro atoms. The first kappa shape index (κ1) is 8.26. The molecule has 0 radical (unpaired) electrons. The van der Waals surface area contributed by atoms with E-state index in [1.807, 2.05) is 0 Å². The van der Waals surface area contributed by atoms with Crippen LogP contribution in [-0.2, 0) is 0 Å². The fraction of sp³-hybridized carbons (Fsp3) is 0.600. The van der Waals surface area contributed by atoms with Crippen molar-refractivity contribution in [1.29, 1.82) is 0 Å². The van der Waals surface area contributed by atoms with Crippen LogP contribution >= 0.6 is 0 Å². The Kier molecular flexibility index (Phi) is 1.97. The lowest BCUT2D eigenvalue weighted by Gasteiger charge is -2.40. The largest absolute Gasteiger partial charge is 0.316 e. The molecule has 0 bridgehead atoms. The maximum atomic E-state index is 3.53. The Bertz CT molecular complexity index is 240. The Morgan fingerprint density at radius 3 is 3.08 bits per heavy atom. The van der Waals surface area contributed by atoms with E-state index in [0.29, 0.717) is 0 Å². The van der Waals surface area contributed by atoms with E-state index >= 15 is 0 Å². The molecule has 0 aromatic carbocycles. The minimum atomic E-state index is -0.983. The number of fused-ring (bicyclic) bond motifs is 1. The van der Waals surface area contributed by atoms with Crippen LogP contribution in [0.4, 0.5) is 0 Å². The van der Waals surface area contributed by atoms with Crippen LogP contribution in [0.2, 0.25) is 18.6 Å². The minimum absolute atomic E-state index is 0.920. The van der Waals surface area contributed by atoms with Gasteiger partial charge >= 0.3 is 0 Å². The molecule has 1 nitrogen and oxygen atoms in total. The summed E-state index contributed by atoms with van der Waals surface area (Å²) in [4.78, 5) is 0. The van der Waals surface area contributed by atoms with Crippen LogP contribution in [0.25, 0.3) is 0 Å². The van der Waals surface area contributed by atoms with Gasteiger partial charge in [0.2, 0.25) is 0 Å². The van der Waals surface area contributed by atoms with Crippen LogP contribution in [0.3, 0.4) is 0 Å². The van der Waals surface area contributed by atoms with Crippen molar-refractivity contribution in [1.82, 2.24) is 5.32 Å². The van der Waals surface area contributed by atoms with Crippen LogP contribution in [0.15, 0.2) is 23.8 Å². The summed E-state index contributed by atoms with van der Waals surface area (Å²) in [5.41, 5.74) is 2.57. The maximum Gasteiger partial charge on any atom is 0.0701 e. The van der Waals surface area contributed by atoms with Crippen LogP contribution in [0.5, 0.6) is 0 Å². The molecule has 1 aliphatic carbocycles.